The minimum Gasteiger partial charge on any atom is -0.468 e. The fourth-order valence-electron chi connectivity index (χ4n) is 1.99. The molecule has 25 heavy (non-hydrogen) atoms. The standard InChI is InChI=1S/C16H20F3N5O/c1-20-15(21-6-9-24-7-2-3-8-24)23-11-13-4-5-14(22-10-13)25-12-16(17,18)19/h2-5,7-8,10H,6,9,11-12H2,1H3,(H2,20,21,23). The predicted octanol–water partition coefficient (Wildman–Crippen LogP) is 2.19. The van der Waals surface area contributed by atoms with Crippen LogP contribution in [0.15, 0.2) is 47.8 Å². The Labute approximate surface area is 143 Å². The van der Waals surface area contributed by atoms with Gasteiger partial charge >= 0.3 is 6.18 Å². The first-order chi connectivity index (χ1) is 12.0. The van der Waals surface area contributed by atoms with Gasteiger partial charge in [0.25, 0.3) is 0 Å². The van der Waals surface area contributed by atoms with Gasteiger partial charge in [0.05, 0.1) is 0 Å². The highest BCUT2D eigenvalue weighted by Gasteiger charge is 2.28. The molecule has 0 unspecified atom stereocenters. The zero-order valence-electron chi connectivity index (χ0n) is 13.8. The SMILES string of the molecule is CN=C(NCCn1cccc1)NCc1ccc(OCC(F)(F)F)nc1. The Bertz CT molecular complexity index is 653. The van der Waals surface area contributed by atoms with Gasteiger partial charge in [-0.3, -0.25) is 4.99 Å². The summed E-state index contributed by atoms with van der Waals surface area (Å²) in [5, 5.41) is 6.28. The van der Waals surface area contributed by atoms with E-state index in [9.17, 15) is 13.2 Å². The van der Waals surface area contributed by atoms with E-state index in [0.717, 1.165) is 12.1 Å². The van der Waals surface area contributed by atoms with Gasteiger partial charge in [-0.15, -0.1) is 0 Å². The van der Waals surface area contributed by atoms with Crippen LogP contribution in [0.5, 0.6) is 5.88 Å². The third-order valence-electron chi connectivity index (χ3n) is 3.19. The van der Waals surface area contributed by atoms with E-state index in [1.54, 1.807) is 13.1 Å². The Kier molecular flexibility index (Phi) is 6.67. The van der Waals surface area contributed by atoms with Gasteiger partial charge in [-0.2, -0.15) is 13.2 Å². The Morgan fingerprint density at radius 3 is 2.60 bits per heavy atom. The zero-order valence-corrected chi connectivity index (χ0v) is 13.8. The first kappa shape index (κ1) is 18.6. The molecule has 0 aromatic carbocycles. The number of nitrogens with one attached hydrogen (secondary N) is 2. The average Bonchev–Trinajstić information content (AvgIpc) is 3.10. The maximum Gasteiger partial charge on any atom is 0.422 e. The van der Waals surface area contributed by atoms with Crippen LogP contribution >= 0.6 is 0 Å². The molecule has 6 nitrogen and oxygen atoms in total. The van der Waals surface area contributed by atoms with Crippen LogP contribution < -0.4 is 15.4 Å². The summed E-state index contributed by atoms with van der Waals surface area (Å²) in [6, 6.07) is 6.98. The van der Waals surface area contributed by atoms with Gasteiger partial charge in [0, 0.05) is 51.3 Å². The van der Waals surface area contributed by atoms with Crippen LogP contribution in [0.25, 0.3) is 0 Å². The minimum atomic E-state index is -4.37. The second kappa shape index (κ2) is 8.95. The molecule has 2 heterocycles. The maximum absolute atomic E-state index is 12.1. The van der Waals surface area contributed by atoms with E-state index < -0.39 is 12.8 Å². The Balaban J connectivity index is 1.73. The van der Waals surface area contributed by atoms with E-state index in [1.165, 1.54) is 12.3 Å². The lowest BCUT2D eigenvalue weighted by molar-refractivity contribution is -0.154. The summed E-state index contributed by atoms with van der Waals surface area (Å²) in [5.41, 5.74) is 0.799. The number of rotatable bonds is 7. The summed E-state index contributed by atoms with van der Waals surface area (Å²) in [6.07, 6.45) is 1.05. The second-order valence-corrected chi connectivity index (χ2v) is 5.18. The molecule has 0 bridgehead atoms. The average molecular weight is 355 g/mol. The molecule has 0 fully saturated rings. The summed E-state index contributed by atoms with van der Waals surface area (Å²) in [5.74, 6) is 0.569. The van der Waals surface area contributed by atoms with Crippen molar-refractivity contribution in [3.8, 4) is 5.88 Å². The van der Waals surface area contributed by atoms with Crippen molar-refractivity contribution in [1.82, 2.24) is 20.2 Å². The van der Waals surface area contributed by atoms with Crippen LogP contribution in [0.1, 0.15) is 5.56 Å². The molecule has 2 N–H and O–H groups in total. The molecule has 2 rings (SSSR count). The second-order valence-electron chi connectivity index (χ2n) is 5.18. The highest BCUT2D eigenvalue weighted by molar-refractivity contribution is 5.79. The lowest BCUT2D eigenvalue weighted by atomic mass is 10.3. The zero-order chi connectivity index (χ0) is 18.1. The number of hydrogen-bond donors (Lipinski definition) is 2. The molecule has 0 spiro atoms. The van der Waals surface area contributed by atoms with Crippen molar-refractivity contribution in [3.05, 3.63) is 48.4 Å². The van der Waals surface area contributed by atoms with Gasteiger partial charge in [-0.25, -0.2) is 4.98 Å². The topological polar surface area (TPSA) is 63.5 Å². The van der Waals surface area contributed by atoms with Gasteiger partial charge in [0.1, 0.15) is 0 Å². The molecule has 0 saturated heterocycles. The number of halogens is 3. The number of alkyl halides is 3. The van der Waals surface area contributed by atoms with Crippen molar-refractivity contribution in [1.29, 1.82) is 0 Å². The molecule has 0 aliphatic heterocycles. The van der Waals surface area contributed by atoms with E-state index >= 15 is 0 Å². The van der Waals surface area contributed by atoms with Crippen LogP contribution in [0, 0.1) is 0 Å². The first-order valence-electron chi connectivity index (χ1n) is 7.66. The van der Waals surface area contributed by atoms with E-state index in [1.807, 2.05) is 29.1 Å². The van der Waals surface area contributed by atoms with E-state index in [0.29, 0.717) is 19.0 Å². The van der Waals surface area contributed by atoms with Crippen molar-refractivity contribution in [3.63, 3.8) is 0 Å². The summed E-state index contributed by atoms with van der Waals surface area (Å²) in [7, 11) is 1.66. The van der Waals surface area contributed by atoms with Crippen molar-refractivity contribution in [2.24, 2.45) is 4.99 Å². The van der Waals surface area contributed by atoms with Crippen molar-refractivity contribution in [2.45, 2.75) is 19.3 Å². The highest BCUT2D eigenvalue weighted by atomic mass is 19.4. The smallest absolute Gasteiger partial charge is 0.422 e. The summed E-state index contributed by atoms with van der Waals surface area (Å²) in [4.78, 5) is 7.97. The summed E-state index contributed by atoms with van der Waals surface area (Å²) >= 11 is 0. The number of aromatic nitrogens is 2. The number of hydrogen-bond acceptors (Lipinski definition) is 3. The number of pyridine rings is 1. The molecule has 0 saturated carbocycles. The van der Waals surface area contributed by atoms with Gasteiger partial charge in [0.2, 0.25) is 5.88 Å². The van der Waals surface area contributed by atoms with Crippen molar-refractivity contribution in [2.75, 3.05) is 20.2 Å². The molecule has 9 heteroatoms. The summed E-state index contributed by atoms with van der Waals surface area (Å²) < 4.78 is 42.8. The van der Waals surface area contributed by atoms with Crippen molar-refractivity contribution >= 4 is 5.96 Å². The number of nitrogens with zero attached hydrogens (tertiary/aromatic N) is 3. The van der Waals surface area contributed by atoms with E-state index in [2.05, 4.69) is 25.3 Å². The van der Waals surface area contributed by atoms with Crippen LogP contribution in [0.3, 0.4) is 0 Å². The molecule has 0 radical (unpaired) electrons. The van der Waals surface area contributed by atoms with Crippen LogP contribution in [0.2, 0.25) is 0 Å². The van der Waals surface area contributed by atoms with Gasteiger partial charge in [-0.05, 0) is 17.7 Å². The molecule has 0 aliphatic rings. The molecular formula is C16H20F3N5O. The largest absolute Gasteiger partial charge is 0.468 e. The highest BCUT2D eigenvalue weighted by Crippen LogP contribution is 2.16. The van der Waals surface area contributed by atoms with Gasteiger partial charge < -0.3 is 19.9 Å². The molecule has 2 aromatic heterocycles. The maximum atomic E-state index is 12.1. The molecule has 2 aromatic rings. The normalized spacial score (nSPS) is 12.1. The fraction of sp³-hybridized carbons (Fsp3) is 0.375. The molecular weight excluding hydrogens is 335 g/mol. The summed E-state index contributed by atoms with van der Waals surface area (Å²) in [6.45, 7) is 0.600. The van der Waals surface area contributed by atoms with Gasteiger partial charge in [-0.1, -0.05) is 6.07 Å². The third kappa shape index (κ3) is 7.15. The van der Waals surface area contributed by atoms with E-state index in [4.69, 9.17) is 0 Å². The van der Waals surface area contributed by atoms with Crippen LogP contribution in [-0.2, 0) is 13.1 Å². The molecule has 0 amide bonds. The molecule has 136 valence electrons. The number of guanidine groups is 1. The Morgan fingerprint density at radius 1 is 1.24 bits per heavy atom. The lowest BCUT2D eigenvalue weighted by Crippen LogP contribution is -2.38. The molecule has 0 atom stereocenters. The predicted molar refractivity (Wildman–Crippen MR) is 88.4 cm³/mol. The minimum absolute atomic E-state index is 0.0599. The van der Waals surface area contributed by atoms with Crippen LogP contribution in [0.4, 0.5) is 13.2 Å². The third-order valence-corrected chi connectivity index (χ3v) is 3.19. The number of ether oxygens (including phenoxy) is 1. The quantitative estimate of drug-likeness (QED) is 0.590. The van der Waals surface area contributed by atoms with Crippen molar-refractivity contribution < 1.29 is 17.9 Å². The molecule has 0 aliphatic carbocycles. The number of aliphatic imine (C=N–C) groups is 1. The fourth-order valence-corrected chi connectivity index (χ4v) is 1.99. The van der Waals surface area contributed by atoms with E-state index in [-0.39, 0.29) is 5.88 Å². The van der Waals surface area contributed by atoms with Gasteiger partial charge in [0.15, 0.2) is 12.6 Å². The Morgan fingerprint density at radius 2 is 2.00 bits per heavy atom. The lowest BCUT2D eigenvalue weighted by Gasteiger charge is -2.12. The van der Waals surface area contributed by atoms with Crippen LogP contribution in [-0.4, -0.2) is 41.9 Å². The first-order valence-corrected chi connectivity index (χ1v) is 7.66. The Hall–Kier alpha value is -2.71. The monoisotopic (exact) mass is 355 g/mol.